The molecule has 0 bridgehead atoms. The summed E-state index contributed by atoms with van der Waals surface area (Å²) in [5.74, 6) is -0.836. The second kappa shape index (κ2) is 5.24. The van der Waals surface area contributed by atoms with Crippen molar-refractivity contribution in [3.63, 3.8) is 0 Å². The van der Waals surface area contributed by atoms with E-state index in [0.717, 1.165) is 22.5 Å². The van der Waals surface area contributed by atoms with E-state index in [2.05, 4.69) is 10.3 Å². The highest BCUT2D eigenvalue weighted by molar-refractivity contribution is 5.82. The molecule has 2 aromatic carbocycles. The number of para-hydroxylation sites is 1. The maximum absolute atomic E-state index is 13.3. The fourth-order valence-corrected chi connectivity index (χ4v) is 2.26. The van der Waals surface area contributed by atoms with Crippen molar-refractivity contribution >= 4 is 22.3 Å². The van der Waals surface area contributed by atoms with Crippen molar-refractivity contribution < 1.29 is 9.31 Å². The van der Waals surface area contributed by atoms with E-state index in [-0.39, 0.29) is 0 Å². The maximum atomic E-state index is 13.3. The minimum atomic E-state index is -0.836. The lowest BCUT2D eigenvalue weighted by Gasteiger charge is -2.08. The number of aromatic nitrogens is 1. The van der Waals surface area contributed by atoms with Crippen LogP contribution in [-0.2, 0) is 6.54 Å². The summed E-state index contributed by atoms with van der Waals surface area (Å²) in [4.78, 5) is 13.1. The number of nitro groups is 1. The number of anilines is 1. The summed E-state index contributed by atoms with van der Waals surface area (Å²) in [6.45, 7) is 0.487. The van der Waals surface area contributed by atoms with Crippen LogP contribution < -0.4 is 5.32 Å². The van der Waals surface area contributed by atoms with Crippen molar-refractivity contribution in [1.82, 2.24) is 4.98 Å². The first-order valence-electron chi connectivity index (χ1n) is 6.38. The number of nitrogens with one attached hydrogen (secondary N) is 2. The van der Waals surface area contributed by atoms with Gasteiger partial charge in [0.15, 0.2) is 0 Å². The molecular weight excluding hydrogens is 273 g/mol. The molecule has 0 saturated heterocycles. The van der Waals surface area contributed by atoms with Crippen LogP contribution in [0.4, 0.5) is 15.8 Å². The van der Waals surface area contributed by atoms with Gasteiger partial charge in [-0.15, -0.1) is 0 Å². The minimum Gasteiger partial charge on any atom is -0.381 e. The number of benzene rings is 2. The molecule has 106 valence electrons. The van der Waals surface area contributed by atoms with Gasteiger partial charge in [0.25, 0.3) is 0 Å². The van der Waals surface area contributed by atoms with Gasteiger partial charge in [-0.05, 0) is 29.1 Å². The fraction of sp³-hybridized carbons (Fsp3) is 0.0667. The monoisotopic (exact) mass is 285 g/mol. The van der Waals surface area contributed by atoms with Crippen LogP contribution in [0.3, 0.4) is 0 Å². The van der Waals surface area contributed by atoms with Crippen LogP contribution in [0.5, 0.6) is 0 Å². The zero-order chi connectivity index (χ0) is 14.8. The fourth-order valence-electron chi connectivity index (χ4n) is 2.26. The Balaban J connectivity index is 1.83. The van der Waals surface area contributed by atoms with Gasteiger partial charge in [0, 0.05) is 24.5 Å². The molecule has 0 fully saturated rings. The smallest absolute Gasteiger partial charge is 0.306 e. The van der Waals surface area contributed by atoms with E-state index < -0.39 is 16.4 Å². The van der Waals surface area contributed by atoms with Crippen LogP contribution >= 0.6 is 0 Å². The molecule has 21 heavy (non-hydrogen) atoms. The Labute approximate surface area is 119 Å². The molecule has 0 unspecified atom stereocenters. The third kappa shape index (κ3) is 2.55. The average Bonchev–Trinajstić information content (AvgIpc) is 2.95. The van der Waals surface area contributed by atoms with E-state index in [4.69, 9.17) is 0 Å². The van der Waals surface area contributed by atoms with Crippen molar-refractivity contribution in [2.75, 3.05) is 5.32 Å². The van der Waals surface area contributed by atoms with Gasteiger partial charge in [0.05, 0.1) is 10.4 Å². The molecule has 3 rings (SSSR count). The highest BCUT2D eigenvalue weighted by Crippen LogP contribution is 2.23. The third-order valence-corrected chi connectivity index (χ3v) is 3.30. The van der Waals surface area contributed by atoms with Crippen LogP contribution in [0.15, 0.2) is 48.7 Å². The number of hydrogen-bond donors (Lipinski definition) is 2. The van der Waals surface area contributed by atoms with Crippen LogP contribution in [-0.4, -0.2) is 9.91 Å². The molecule has 0 amide bonds. The SMILES string of the molecule is O=[N+]([O-])c1cc(NCc2cccc3cc[nH]c23)ccc1F. The largest absolute Gasteiger partial charge is 0.381 e. The summed E-state index contributed by atoms with van der Waals surface area (Å²) in [5.41, 5.74) is 2.02. The zero-order valence-electron chi connectivity index (χ0n) is 11.0. The number of rotatable bonds is 4. The minimum absolute atomic E-state index is 0.487. The molecule has 0 radical (unpaired) electrons. The van der Waals surface area contributed by atoms with Crippen molar-refractivity contribution in [3.8, 4) is 0 Å². The molecule has 6 heteroatoms. The van der Waals surface area contributed by atoms with Gasteiger partial charge in [-0.25, -0.2) is 0 Å². The normalized spacial score (nSPS) is 10.7. The molecular formula is C15H12FN3O2. The standard InChI is InChI=1S/C15H12FN3O2/c16-13-5-4-12(8-14(13)19(20)21)18-9-11-3-1-2-10-6-7-17-15(10)11/h1-8,17-18H,9H2. The number of hydrogen-bond acceptors (Lipinski definition) is 3. The Morgan fingerprint density at radius 1 is 1.24 bits per heavy atom. The van der Waals surface area contributed by atoms with Crippen molar-refractivity contribution in [2.24, 2.45) is 0 Å². The first-order valence-corrected chi connectivity index (χ1v) is 6.38. The van der Waals surface area contributed by atoms with Gasteiger partial charge in [-0.3, -0.25) is 10.1 Å². The van der Waals surface area contributed by atoms with E-state index in [0.29, 0.717) is 12.2 Å². The van der Waals surface area contributed by atoms with Gasteiger partial charge < -0.3 is 10.3 Å². The number of aromatic amines is 1. The molecule has 1 heterocycles. The predicted octanol–water partition coefficient (Wildman–Crippen LogP) is 3.83. The quantitative estimate of drug-likeness (QED) is 0.565. The Morgan fingerprint density at radius 2 is 2.10 bits per heavy atom. The number of H-pyrrole nitrogens is 1. The van der Waals surface area contributed by atoms with Gasteiger partial charge in [-0.2, -0.15) is 4.39 Å². The van der Waals surface area contributed by atoms with Crippen molar-refractivity contribution in [3.05, 3.63) is 70.2 Å². The Kier molecular flexibility index (Phi) is 3.27. The Bertz CT molecular complexity index is 814. The zero-order valence-corrected chi connectivity index (χ0v) is 11.0. The number of nitro benzene ring substituents is 1. The van der Waals surface area contributed by atoms with E-state index >= 15 is 0 Å². The van der Waals surface area contributed by atoms with E-state index in [9.17, 15) is 14.5 Å². The summed E-state index contributed by atoms with van der Waals surface area (Å²) < 4.78 is 13.3. The maximum Gasteiger partial charge on any atom is 0.306 e. The molecule has 1 aromatic heterocycles. The van der Waals surface area contributed by atoms with Gasteiger partial charge in [0.2, 0.25) is 5.82 Å². The van der Waals surface area contributed by atoms with Crippen LogP contribution in [0.1, 0.15) is 5.56 Å². The van der Waals surface area contributed by atoms with Crippen LogP contribution in [0, 0.1) is 15.9 Å². The summed E-state index contributed by atoms with van der Waals surface area (Å²) in [6.07, 6.45) is 1.86. The number of halogens is 1. The number of fused-ring (bicyclic) bond motifs is 1. The second-order valence-electron chi connectivity index (χ2n) is 4.64. The summed E-state index contributed by atoms with van der Waals surface area (Å²) in [5, 5.41) is 14.9. The van der Waals surface area contributed by atoms with E-state index in [1.54, 1.807) is 0 Å². The molecule has 3 aromatic rings. The summed E-state index contributed by atoms with van der Waals surface area (Å²) >= 11 is 0. The van der Waals surface area contributed by atoms with Crippen LogP contribution in [0.2, 0.25) is 0 Å². The van der Waals surface area contributed by atoms with Crippen molar-refractivity contribution in [1.29, 1.82) is 0 Å². The Morgan fingerprint density at radius 3 is 2.90 bits per heavy atom. The summed E-state index contributed by atoms with van der Waals surface area (Å²) in [7, 11) is 0. The average molecular weight is 285 g/mol. The van der Waals surface area contributed by atoms with Gasteiger partial charge >= 0.3 is 5.69 Å². The van der Waals surface area contributed by atoms with Crippen molar-refractivity contribution in [2.45, 2.75) is 6.54 Å². The molecule has 0 aliphatic carbocycles. The molecule has 0 spiro atoms. The van der Waals surface area contributed by atoms with Crippen LogP contribution in [0.25, 0.3) is 10.9 Å². The highest BCUT2D eigenvalue weighted by atomic mass is 19.1. The molecule has 0 aliphatic heterocycles. The predicted molar refractivity (Wildman–Crippen MR) is 78.7 cm³/mol. The third-order valence-electron chi connectivity index (χ3n) is 3.30. The topological polar surface area (TPSA) is 71.0 Å². The second-order valence-corrected chi connectivity index (χ2v) is 4.64. The molecule has 0 saturated carbocycles. The first kappa shape index (κ1) is 13.1. The van der Waals surface area contributed by atoms with E-state index in [1.807, 2.05) is 30.5 Å². The Hall–Kier alpha value is -2.89. The molecule has 0 aliphatic rings. The van der Waals surface area contributed by atoms with E-state index in [1.165, 1.54) is 12.1 Å². The molecule has 5 nitrogen and oxygen atoms in total. The number of nitrogens with zero attached hydrogens (tertiary/aromatic N) is 1. The van der Waals surface area contributed by atoms with Gasteiger partial charge in [0.1, 0.15) is 0 Å². The van der Waals surface area contributed by atoms with Gasteiger partial charge in [-0.1, -0.05) is 18.2 Å². The first-order chi connectivity index (χ1) is 10.1. The summed E-state index contributed by atoms with van der Waals surface area (Å²) in [6, 6.07) is 11.7. The highest BCUT2D eigenvalue weighted by Gasteiger charge is 2.14. The molecule has 0 atom stereocenters. The lowest BCUT2D eigenvalue weighted by molar-refractivity contribution is -0.387. The molecule has 2 N–H and O–H groups in total. The lowest BCUT2D eigenvalue weighted by Crippen LogP contribution is -2.01. The lowest BCUT2D eigenvalue weighted by atomic mass is 10.1.